The Labute approximate surface area is 111 Å². The minimum Gasteiger partial charge on any atom is -0.644 e. The maximum atomic E-state index is 12.8. The van der Waals surface area contributed by atoms with Crippen LogP contribution in [0.4, 0.5) is 0 Å². The number of hydrogen-bond donors (Lipinski definition) is 0. The van der Waals surface area contributed by atoms with Gasteiger partial charge in [0.1, 0.15) is 0 Å². The number of hydroxylamine groups is 6. The molecular weight excluding hydrogens is 250 g/mol. The summed E-state index contributed by atoms with van der Waals surface area (Å²) in [7, 11) is 0.755. The fourth-order valence-corrected chi connectivity index (χ4v) is 7.86. The lowest BCUT2D eigenvalue weighted by Gasteiger charge is -2.62. The molecule has 108 valence electrons. The molecule has 0 aromatic carbocycles. The molecule has 0 amide bonds. The molecule has 7 heteroatoms. The molecule has 6 nitrogen and oxygen atoms in total. The number of quaternary nitrogens is 3. The third-order valence-electron chi connectivity index (χ3n) is 4.17. The van der Waals surface area contributed by atoms with Gasteiger partial charge in [-0.1, -0.05) is 6.58 Å². The van der Waals surface area contributed by atoms with Gasteiger partial charge in [0, 0.05) is 0 Å². The second-order valence-electron chi connectivity index (χ2n) is 5.14. The number of nitrogens with zero attached hydrogens (tertiary/aromatic N) is 3. The summed E-state index contributed by atoms with van der Waals surface area (Å²) < 4.78 is -2.38. The van der Waals surface area contributed by atoms with Crippen molar-refractivity contribution in [2.45, 2.75) is 20.8 Å². The molecule has 0 aromatic rings. The predicted octanol–water partition coefficient (Wildman–Crippen LogP) is 1.54. The predicted molar refractivity (Wildman–Crippen MR) is 76.2 cm³/mol. The normalized spacial score (nSPS) is 25.4. The molecule has 0 aliphatic rings. The van der Waals surface area contributed by atoms with E-state index in [0.717, 1.165) is 0 Å². The zero-order valence-electron chi connectivity index (χ0n) is 12.5. The Balaban J connectivity index is 6.22. The molecule has 0 fully saturated rings. The summed E-state index contributed by atoms with van der Waals surface area (Å²) in [5.74, 6) is 0. The van der Waals surface area contributed by atoms with Gasteiger partial charge in [-0.3, -0.25) is 0 Å². The highest BCUT2D eigenvalue weighted by atomic mass is 28.4. The summed E-state index contributed by atoms with van der Waals surface area (Å²) in [4.78, 5) is 0. The molecule has 0 saturated carbocycles. The Bertz CT molecular complexity index is 265. The Morgan fingerprint density at radius 3 is 1.17 bits per heavy atom. The molecule has 0 rings (SSSR count). The van der Waals surface area contributed by atoms with Gasteiger partial charge in [-0.2, -0.15) is 0 Å². The zero-order valence-corrected chi connectivity index (χ0v) is 13.5. The van der Waals surface area contributed by atoms with E-state index < -0.39 is 21.5 Å². The Morgan fingerprint density at radius 1 is 0.833 bits per heavy atom. The Kier molecular flexibility index (Phi) is 5.29. The maximum Gasteiger partial charge on any atom is 0.791 e. The minimum atomic E-state index is -3.54. The second kappa shape index (κ2) is 5.38. The second-order valence-corrected chi connectivity index (χ2v) is 9.76. The van der Waals surface area contributed by atoms with Crippen molar-refractivity contribution in [1.82, 2.24) is 0 Å². The first-order valence-electron chi connectivity index (χ1n) is 6.33. The summed E-state index contributed by atoms with van der Waals surface area (Å²) in [6.45, 7) is 9.42. The summed E-state index contributed by atoms with van der Waals surface area (Å²) in [5, 5.41) is 38.5. The first-order chi connectivity index (χ1) is 7.99. The standard InChI is InChI=1S/C11H27N3O3Si/c1-8-12(5,15)18(11-4,13(6,16)9-2)14(7,17)10-3/h11H,4,8-10H2,1-3,5-7H3. The van der Waals surface area contributed by atoms with Crippen molar-refractivity contribution in [1.29, 1.82) is 0 Å². The smallest absolute Gasteiger partial charge is 0.644 e. The average Bonchev–Trinajstić information content (AvgIpc) is 2.29. The molecule has 3 unspecified atom stereocenters. The van der Waals surface area contributed by atoms with Gasteiger partial charge in [0.25, 0.3) is 0 Å². The number of rotatable bonds is 7. The van der Waals surface area contributed by atoms with Gasteiger partial charge in [-0.15, -0.1) is 0 Å². The zero-order chi connectivity index (χ0) is 14.8. The highest BCUT2D eigenvalue weighted by Gasteiger charge is 2.74. The van der Waals surface area contributed by atoms with Crippen LogP contribution in [0.15, 0.2) is 12.3 Å². The highest BCUT2D eigenvalue weighted by Crippen LogP contribution is 2.34. The topological polar surface area (TPSA) is 69.2 Å². The highest BCUT2D eigenvalue weighted by molar-refractivity contribution is 6.64. The summed E-state index contributed by atoms with van der Waals surface area (Å²) in [6.07, 6.45) is 0. The molecule has 0 bridgehead atoms. The SMILES string of the molecule is C=C[Si]([N+](C)([O-])CC)([N+](C)([O-])CC)[N+](C)([O-])CC. The fraction of sp³-hybridized carbons (Fsp3) is 0.818. The van der Waals surface area contributed by atoms with Gasteiger partial charge < -0.3 is 28.6 Å². The van der Waals surface area contributed by atoms with Crippen LogP contribution < -0.4 is 0 Å². The van der Waals surface area contributed by atoms with Crippen LogP contribution in [0, 0.1) is 15.6 Å². The quantitative estimate of drug-likeness (QED) is 0.523. The molecule has 0 aliphatic carbocycles. The van der Waals surface area contributed by atoms with Crippen molar-refractivity contribution in [2.75, 3.05) is 40.8 Å². The van der Waals surface area contributed by atoms with Gasteiger partial charge in [-0.25, -0.2) is 0 Å². The van der Waals surface area contributed by atoms with E-state index in [1.54, 1.807) is 20.8 Å². The van der Waals surface area contributed by atoms with Crippen molar-refractivity contribution in [3.63, 3.8) is 0 Å². The molecule has 0 aliphatic heterocycles. The van der Waals surface area contributed by atoms with Crippen LogP contribution in [-0.2, 0) is 0 Å². The van der Waals surface area contributed by atoms with Crippen LogP contribution in [0.2, 0.25) is 0 Å². The molecule has 0 spiro atoms. The van der Waals surface area contributed by atoms with Crippen LogP contribution in [0.25, 0.3) is 0 Å². The van der Waals surface area contributed by atoms with Crippen LogP contribution >= 0.6 is 0 Å². The fourth-order valence-electron chi connectivity index (χ4n) is 2.62. The maximum absolute atomic E-state index is 12.8. The van der Waals surface area contributed by atoms with Gasteiger partial charge in [0.2, 0.25) is 0 Å². The van der Waals surface area contributed by atoms with Gasteiger partial charge in [0.05, 0.1) is 46.5 Å². The molecule has 0 aromatic heterocycles. The van der Waals surface area contributed by atoms with Crippen molar-refractivity contribution >= 4 is 8.56 Å². The van der Waals surface area contributed by atoms with Crippen LogP contribution in [0.5, 0.6) is 0 Å². The van der Waals surface area contributed by atoms with E-state index in [2.05, 4.69) is 6.58 Å². The lowest BCUT2D eigenvalue weighted by Crippen LogP contribution is -2.88. The first kappa shape index (κ1) is 17.7. The third kappa shape index (κ3) is 2.27. The summed E-state index contributed by atoms with van der Waals surface area (Å²) in [6, 6.07) is 0. The molecule has 3 atom stereocenters. The first-order valence-corrected chi connectivity index (χ1v) is 8.25. The minimum absolute atomic E-state index is 0.199. The van der Waals surface area contributed by atoms with E-state index in [1.807, 2.05) is 0 Å². The van der Waals surface area contributed by atoms with E-state index >= 15 is 0 Å². The van der Waals surface area contributed by atoms with E-state index in [1.165, 1.54) is 26.8 Å². The lowest BCUT2D eigenvalue weighted by molar-refractivity contribution is -0.986. The van der Waals surface area contributed by atoms with Gasteiger partial charge in [-0.05, 0) is 20.8 Å². The largest absolute Gasteiger partial charge is 0.791 e. The van der Waals surface area contributed by atoms with E-state index in [0.29, 0.717) is 0 Å². The number of hydrogen-bond acceptors (Lipinski definition) is 3. The summed E-state index contributed by atoms with van der Waals surface area (Å²) >= 11 is 0. The van der Waals surface area contributed by atoms with Crippen molar-refractivity contribution in [3.8, 4) is 0 Å². The molecule has 0 radical (unpaired) electrons. The average molecular weight is 277 g/mol. The van der Waals surface area contributed by atoms with E-state index in [4.69, 9.17) is 0 Å². The van der Waals surface area contributed by atoms with Crippen molar-refractivity contribution < 1.29 is 12.9 Å². The summed E-state index contributed by atoms with van der Waals surface area (Å²) in [5.41, 5.74) is 1.40. The lowest BCUT2D eigenvalue weighted by atomic mass is 10.7. The Morgan fingerprint density at radius 2 is 1.06 bits per heavy atom. The molecule has 0 heterocycles. The van der Waals surface area contributed by atoms with Crippen molar-refractivity contribution in [2.24, 2.45) is 0 Å². The third-order valence-corrected chi connectivity index (χ3v) is 9.85. The van der Waals surface area contributed by atoms with Crippen LogP contribution in [0.3, 0.4) is 0 Å². The molecule has 0 saturated heterocycles. The van der Waals surface area contributed by atoms with Crippen LogP contribution in [-0.4, -0.2) is 62.3 Å². The molecule has 0 N–H and O–H groups in total. The Hall–Kier alpha value is -0.283. The molecule has 18 heavy (non-hydrogen) atoms. The van der Waals surface area contributed by atoms with E-state index in [9.17, 15) is 15.6 Å². The van der Waals surface area contributed by atoms with Gasteiger partial charge >= 0.3 is 8.56 Å². The van der Waals surface area contributed by atoms with E-state index in [-0.39, 0.29) is 19.6 Å². The van der Waals surface area contributed by atoms with Crippen LogP contribution in [0.1, 0.15) is 20.8 Å². The monoisotopic (exact) mass is 277 g/mol. The molecular formula is C11H27N3O3Si. The van der Waals surface area contributed by atoms with Gasteiger partial charge in [0.15, 0.2) is 0 Å². The van der Waals surface area contributed by atoms with Crippen molar-refractivity contribution in [3.05, 3.63) is 27.9 Å².